The Morgan fingerprint density at radius 2 is 2.19 bits per heavy atom. The fourth-order valence-corrected chi connectivity index (χ4v) is 1.18. The molecule has 0 fully saturated rings. The van der Waals surface area contributed by atoms with Crippen LogP contribution in [-0.4, -0.2) is 28.6 Å². The van der Waals surface area contributed by atoms with Crippen molar-refractivity contribution in [1.29, 1.82) is 0 Å². The van der Waals surface area contributed by atoms with E-state index < -0.39 is 5.97 Å². The number of carbonyl (C=O) groups is 2. The van der Waals surface area contributed by atoms with Gasteiger partial charge in [-0.3, -0.25) is 9.48 Å². The minimum absolute atomic E-state index is 0.119. The molecule has 16 heavy (non-hydrogen) atoms. The molecule has 5 nitrogen and oxygen atoms in total. The Bertz CT molecular complexity index is 402. The van der Waals surface area contributed by atoms with Crippen LogP contribution in [0.5, 0.6) is 0 Å². The van der Waals surface area contributed by atoms with Crippen LogP contribution in [0.1, 0.15) is 48.5 Å². The number of aldehydes is 1. The topological polar surface area (TPSA) is 61.2 Å². The van der Waals surface area contributed by atoms with Crippen LogP contribution in [-0.2, 0) is 10.3 Å². The standard InChI is InChI=1S/C11H16N2O3/c1-5-16-10(15)8-6-13(11(2,3)4)12-9(8)7-14/h6-7H,5H2,1-4H3. The number of esters is 1. The van der Waals surface area contributed by atoms with Crippen molar-refractivity contribution in [1.82, 2.24) is 9.78 Å². The number of ether oxygens (including phenoxy) is 1. The number of aromatic nitrogens is 2. The number of rotatable bonds is 3. The lowest BCUT2D eigenvalue weighted by Crippen LogP contribution is -2.22. The van der Waals surface area contributed by atoms with Crippen LogP contribution in [0.2, 0.25) is 0 Å². The molecule has 1 aromatic heterocycles. The largest absolute Gasteiger partial charge is 0.462 e. The van der Waals surface area contributed by atoms with E-state index in [2.05, 4.69) is 5.10 Å². The van der Waals surface area contributed by atoms with E-state index in [-0.39, 0.29) is 23.4 Å². The molecule has 0 bridgehead atoms. The normalized spacial score (nSPS) is 11.2. The molecular weight excluding hydrogens is 208 g/mol. The first-order valence-corrected chi connectivity index (χ1v) is 5.12. The molecular formula is C11H16N2O3. The van der Waals surface area contributed by atoms with Gasteiger partial charge in [-0.15, -0.1) is 0 Å². The average Bonchev–Trinajstić information content (AvgIpc) is 2.61. The van der Waals surface area contributed by atoms with Crippen molar-refractivity contribution in [3.63, 3.8) is 0 Å². The summed E-state index contributed by atoms with van der Waals surface area (Å²) in [6, 6.07) is 0. The van der Waals surface area contributed by atoms with Crippen molar-refractivity contribution in [2.75, 3.05) is 6.61 Å². The van der Waals surface area contributed by atoms with Crippen LogP contribution in [0.15, 0.2) is 6.20 Å². The lowest BCUT2D eigenvalue weighted by Gasteiger charge is -2.18. The molecule has 0 unspecified atom stereocenters. The summed E-state index contributed by atoms with van der Waals surface area (Å²) < 4.78 is 6.43. The molecule has 0 atom stereocenters. The Labute approximate surface area is 94.4 Å². The summed E-state index contributed by atoms with van der Waals surface area (Å²) in [6.45, 7) is 7.79. The summed E-state index contributed by atoms with van der Waals surface area (Å²) in [6.07, 6.45) is 2.11. The molecule has 1 rings (SSSR count). The predicted octanol–water partition coefficient (Wildman–Crippen LogP) is 1.63. The highest BCUT2D eigenvalue weighted by Gasteiger charge is 2.22. The molecule has 0 saturated carbocycles. The third-order valence-corrected chi connectivity index (χ3v) is 2.04. The summed E-state index contributed by atoms with van der Waals surface area (Å²) in [5.41, 5.74) is 0.0582. The van der Waals surface area contributed by atoms with E-state index in [1.54, 1.807) is 17.8 Å². The van der Waals surface area contributed by atoms with Crippen LogP contribution in [0, 0.1) is 0 Å². The van der Waals surface area contributed by atoms with E-state index >= 15 is 0 Å². The van der Waals surface area contributed by atoms with Gasteiger partial charge in [-0.1, -0.05) is 0 Å². The summed E-state index contributed by atoms with van der Waals surface area (Å²) in [7, 11) is 0. The third kappa shape index (κ3) is 2.48. The Balaban J connectivity index is 3.14. The van der Waals surface area contributed by atoms with Crippen molar-refractivity contribution in [2.24, 2.45) is 0 Å². The molecule has 5 heteroatoms. The maximum Gasteiger partial charge on any atom is 0.342 e. The van der Waals surface area contributed by atoms with Crippen molar-refractivity contribution in [3.05, 3.63) is 17.5 Å². The van der Waals surface area contributed by atoms with Gasteiger partial charge in [0, 0.05) is 6.20 Å². The molecule has 0 N–H and O–H groups in total. The highest BCUT2D eigenvalue weighted by Crippen LogP contribution is 2.16. The molecule has 88 valence electrons. The van der Waals surface area contributed by atoms with Crippen LogP contribution >= 0.6 is 0 Å². The zero-order chi connectivity index (χ0) is 12.3. The zero-order valence-electron chi connectivity index (χ0n) is 9.98. The van der Waals surface area contributed by atoms with Gasteiger partial charge in [0.2, 0.25) is 0 Å². The maximum atomic E-state index is 11.5. The highest BCUT2D eigenvalue weighted by atomic mass is 16.5. The van der Waals surface area contributed by atoms with Gasteiger partial charge in [0.1, 0.15) is 11.3 Å². The fourth-order valence-electron chi connectivity index (χ4n) is 1.18. The van der Waals surface area contributed by atoms with E-state index in [1.807, 2.05) is 20.8 Å². The predicted molar refractivity (Wildman–Crippen MR) is 58.6 cm³/mol. The Morgan fingerprint density at radius 3 is 2.62 bits per heavy atom. The molecule has 1 aromatic rings. The van der Waals surface area contributed by atoms with Gasteiger partial charge in [0.25, 0.3) is 0 Å². The van der Waals surface area contributed by atoms with Crippen molar-refractivity contribution >= 4 is 12.3 Å². The first-order chi connectivity index (χ1) is 7.40. The molecule has 0 aliphatic heterocycles. The van der Waals surface area contributed by atoms with Gasteiger partial charge >= 0.3 is 5.97 Å². The van der Waals surface area contributed by atoms with Gasteiger partial charge in [-0.25, -0.2) is 4.79 Å². The molecule has 1 heterocycles. The average molecular weight is 224 g/mol. The van der Waals surface area contributed by atoms with Gasteiger partial charge in [-0.05, 0) is 27.7 Å². The Morgan fingerprint density at radius 1 is 1.56 bits per heavy atom. The van der Waals surface area contributed by atoms with E-state index in [9.17, 15) is 9.59 Å². The number of hydrogen-bond donors (Lipinski definition) is 0. The molecule has 0 aromatic carbocycles. The molecule has 0 spiro atoms. The van der Waals surface area contributed by atoms with Crippen molar-refractivity contribution < 1.29 is 14.3 Å². The molecule has 0 aliphatic rings. The number of carbonyl (C=O) groups excluding carboxylic acids is 2. The second kappa shape index (κ2) is 4.47. The Kier molecular flexibility index (Phi) is 3.47. The summed E-state index contributed by atoms with van der Waals surface area (Å²) in [4.78, 5) is 22.3. The van der Waals surface area contributed by atoms with Gasteiger partial charge < -0.3 is 4.74 Å². The fraction of sp³-hybridized carbons (Fsp3) is 0.545. The van der Waals surface area contributed by atoms with E-state index in [0.29, 0.717) is 6.29 Å². The van der Waals surface area contributed by atoms with E-state index in [0.717, 1.165) is 0 Å². The zero-order valence-corrected chi connectivity index (χ0v) is 9.98. The highest BCUT2D eigenvalue weighted by molar-refractivity contribution is 5.96. The number of hydrogen-bond acceptors (Lipinski definition) is 4. The van der Waals surface area contributed by atoms with Crippen molar-refractivity contribution in [3.8, 4) is 0 Å². The number of nitrogens with zero attached hydrogens (tertiary/aromatic N) is 2. The maximum absolute atomic E-state index is 11.5. The van der Waals surface area contributed by atoms with E-state index in [1.165, 1.54) is 0 Å². The van der Waals surface area contributed by atoms with Crippen LogP contribution in [0.4, 0.5) is 0 Å². The molecule has 0 saturated heterocycles. The molecule has 0 radical (unpaired) electrons. The second-order valence-electron chi connectivity index (χ2n) is 4.38. The summed E-state index contributed by atoms with van der Waals surface area (Å²) >= 11 is 0. The molecule has 0 amide bonds. The lowest BCUT2D eigenvalue weighted by molar-refractivity contribution is 0.0524. The van der Waals surface area contributed by atoms with Crippen molar-refractivity contribution in [2.45, 2.75) is 33.2 Å². The van der Waals surface area contributed by atoms with Gasteiger partial charge in [-0.2, -0.15) is 5.10 Å². The minimum Gasteiger partial charge on any atom is -0.462 e. The first kappa shape index (κ1) is 12.4. The van der Waals surface area contributed by atoms with E-state index in [4.69, 9.17) is 4.74 Å². The second-order valence-corrected chi connectivity index (χ2v) is 4.38. The monoisotopic (exact) mass is 224 g/mol. The van der Waals surface area contributed by atoms with Gasteiger partial charge in [0.15, 0.2) is 6.29 Å². The van der Waals surface area contributed by atoms with Crippen LogP contribution in [0.25, 0.3) is 0 Å². The van der Waals surface area contributed by atoms with Crippen LogP contribution < -0.4 is 0 Å². The lowest BCUT2D eigenvalue weighted by atomic mass is 10.1. The third-order valence-electron chi connectivity index (χ3n) is 2.04. The SMILES string of the molecule is CCOC(=O)c1cn(C(C)(C)C)nc1C=O. The molecule has 0 aliphatic carbocycles. The Hall–Kier alpha value is -1.65. The minimum atomic E-state index is -0.514. The first-order valence-electron chi connectivity index (χ1n) is 5.12. The smallest absolute Gasteiger partial charge is 0.342 e. The summed E-state index contributed by atoms with van der Waals surface area (Å²) in [5.74, 6) is -0.514. The van der Waals surface area contributed by atoms with Crippen LogP contribution in [0.3, 0.4) is 0 Å². The van der Waals surface area contributed by atoms with Gasteiger partial charge in [0.05, 0.1) is 12.1 Å². The summed E-state index contributed by atoms with van der Waals surface area (Å²) in [5, 5.41) is 4.05. The quantitative estimate of drug-likeness (QED) is 0.578.